The van der Waals surface area contributed by atoms with E-state index in [4.69, 9.17) is 5.73 Å². The van der Waals surface area contributed by atoms with Gasteiger partial charge in [-0.3, -0.25) is 0 Å². The first kappa shape index (κ1) is 13.9. The molecule has 2 aromatic rings. The largest absolute Gasteiger partial charge is 0.397 e. The lowest BCUT2D eigenvalue weighted by Crippen LogP contribution is -2.06. The quantitative estimate of drug-likeness (QED) is 0.876. The first-order valence-corrected chi connectivity index (χ1v) is 8.26. The van der Waals surface area contributed by atoms with Gasteiger partial charge in [-0.15, -0.1) is 0 Å². The summed E-state index contributed by atoms with van der Waals surface area (Å²) < 4.78 is 25.7. The number of sulfone groups is 1. The Kier molecular flexibility index (Phi) is 3.58. The Morgan fingerprint density at radius 2 is 2.00 bits per heavy atom. The lowest BCUT2D eigenvalue weighted by molar-refractivity contribution is 0.595. The molecule has 1 aromatic heterocycles. The van der Waals surface area contributed by atoms with Gasteiger partial charge < -0.3 is 10.3 Å². The van der Waals surface area contributed by atoms with E-state index in [9.17, 15) is 8.42 Å². The van der Waals surface area contributed by atoms with E-state index < -0.39 is 9.84 Å². The molecule has 1 heterocycles. The molecule has 0 unspecified atom stereocenters. The minimum atomic E-state index is -3.04. The SMILES string of the molecule is CCS(=O)(=O)Cc1cn(C(C)C)c2c(N)cccc12. The number of nitrogen functional groups attached to an aromatic ring is 1. The second-order valence-electron chi connectivity index (χ2n) is 5.08. The third kappa shape index (κ3) is 2.61. The second-order valence-corrected chi connectivity index (χ2v) is 7.43. The first-order chi connectivity index (χ1) is 8.85. The van der Waals surface area contributed by atoms with Gasteiger partial charge in [0.15, 0.2) is 9.84 Å². The van der Waals surface area contributed by atoms with Gasteiger partial charge in [-0.05, 0) is 25.5 Å². The van der Waals surface area contributed by atoms with Crippen molar-refractivity contribution in [2.24, 2.45) is 0 Å². The summed E-state index contributed by atoms with van der Waals surface area (Å²) in [7, 11) is -3.04. The standard InChI is InChI=1S/C14H20N2O2S/c1-4-19(17,18)9-11-8-16(10(2)3)14-12(11)6-5-7-13(14)15/h5-8,10H,4,9,15H2,1-3H3. The molecular weight excluding hydrogens is 260 g/mol. The van der Waals surface area contributed by atoms with Crippen LogP contribution in [0.15, 0.2) is 24.4 Å². The van der Waals surface area contributed by atoms with Crippen LogP contribution in [0.4, 0.5) is 5.69 Å². The number of anilines is 1. The third-order valence-corrected chi connectivity index (χ3v) is 4.97. The summed E-state index contributed by atoms with van der Waals surface area (Å²) in [5.41, 5.74) is 8.48. The molecule has 0 amide bonds. The zero-order valence-corrected chi connectivity index (χ0v) is 12.4. The van der Waals surface area contributed by atoms with Crippen LogP contribution in [0.3, 0.4) is 0 Å². The van der Waals surface area contributed by atoms with E-state index in [1.54, 1.807) is 6.92 Å². The molecule has 0 spiro atoms. The van der Waals surface area contributed by atoms with Crippen LogP contribution < -0.4 is 5.73 Å². The van der Waals surface area contributed by atoms with Gasteiger partial charge in [-0.2, -0.15) is 0 Å². The summed E-state index contributed by atoms with van der Waals surface area (Å²) in [6, 6.07) is 5.89. The van der Waals surface area contributed by atoms with Gasteiger partial charge in [0.2, 0.25) is 0 Å². The van der Waals surface area contributed by atoms with E-state index in [2.05, 4.69) is 13.8 Å². The summed E-state index contributed by atoms with van der Waals surface area (Å²) >= 11 is 0. The number of fused-ring (bicyclic) bond motifs is 1. The van der Waals surface area contributed by atoms with Gasteiger partial charge in [0.1, 0.15) is 0 Å². The van der Waals surface area contributed by atoms with Gasteiger partial charge in [-0.1, -0.05) is 19.1 Å². The van der Waals surface area contributed by atoms with Gasteiger partial charge in [0, 0.05) is 23.4 Å². The van der Waals surface area contributed by atoms with E-state index in [0.29, 0.717) is 5.69 Å². The number of nitrogens with zero attached hydrogens (tertiary/aromatic N) is 1. The van der Waals surface area contributed by atoms with Crippen molar-refractivity contribution in [1.82, 2.24) is 4.57 Å². The molecule has 0 saturated carbocycles. The molecule has 0 radical (unpaired) electrons. The van der Waals surface area contributed by atoms with Crippen LogP contribution in [0.5, 0.6) is 0 Å². The van der Waals surface area contributed by atoms with E-state index in [1.165, 1.54) is 0 Å². The predicted molar refractivity (Wildman–Crippen MR) is 79.9 cm³/mol. The Balaban J connectivity index is 2.67. The molecule has 0 aliphatic carbocycles. The van der Waals surface area contributed by atoms with Crippen LogP contribution in [0.1, 0.15) is 32.4 Å². The van der Waals surface area contributed by atoms with Crippen molar-refractivity contribution in [2.45, 2.75) is 32.6 Å². The van der Waals surface area contributed by atoms with Gasteiger partial charge in [0.05, 0.1) is 17.0 Å². The van der Waals surface area contributed by atoms with Crippen LogP contribution in [0.2, 0.25) is 0 Å². The monoisotopic (exact) mass is 280 g/mol. The highest BCUT2D eigenvalue weighted by atomic mass is 32.2. The summed E-state index contributed by atoms with van der Waals surface area (Å²) in [5.74, 6) is 0.229. The van der Waals surface area contributed by atoms with Crippen molar-refractivity contribution in [1.29, 1.82) is 0 Å². The Morgan fingerprint density at radius 3 is 2.58 bits per heavy atom. The lowest BCUT2D eigenvalue weighted by atomic mass is 10.2. The van der Waals surface area contributed by atoms with Crippen LogP contribution in [-0.2, 0) is 15.6 Å². The average Bonchev–Trinajstić information content (AvgIpc) is 2.69. The Labute approximate surface area is 114 Å². The normalized spacial score (nSPS) is 12.4. The van der Waals surface area contributed by atoms with Crippen molar-refractivity contribution in [3.8, 4) is 0 Å². The molecule has 5 heteroatoms. The number of para-hydroxylation sites is 1. The lowest BCUT2D eigenvalue weighted by Gasteiger charge is -2.10. The molecule has 0 fully saturated rings. The summed E-state index contributed by atoms with van der Waals surface area (Å²) in [5, 5.41) is 0.936. The van der Waals surface area contributed by atoms with Gasteiger partial charge in [-0.25, -0.2) is 8.42 Å². The molecule has 0 aliphatic rings. The Morgan fingerprint density at radius 1 is 1.32 bits per heavy atom. The van der Waals surface area contributed by atoms with E-state index in [-0.39, 0.29) is 17.5 Å². The molecule has 0 bridgehead atoms. The van der Waals surface area contributed by atoms with E-state index in [1.807, 2.05) is 29.0 Å². The van der Waals surface area contributed by atoms with E-state index in [0.717, 1.165) is 16.5 Å². The molecule has 104 valence electrons. The van der Waals surface area contributed by atoms with Crippen molar-refractivity contribution >= 4 is 26.4 Å². The fraction of sp³-hybridized carbons (Fsp3) is 0.429. The molecule has 0 aliphatic heterocycles. The van der Waals surface area contributed by atoms with Gasteiger partial charge in [0.25, 0.3) is 0 Å². The summed E-state index contributed by atoms with van der Waals surface area (Å²) in [6.07, 6.45) is 1.92. The van der Waals surface area contributed by atoms with Crippen molar-refractivity contribution in [3.63, 3.8) is 0 Å². The highest BCUT2D eigenvalue weighted by molar-refractivity contribution is 7.90. The third-order valence-electron chi connectivity index (χ3n) is 3.34. The Bertz CT molecular complexity index is 700. The van der Waals surface area contributed by atoms with Crippen molar-refractivity contribution < 1.29 is 8.42 Å². The molecule has 2 N–H and O–H groups in total. The number of hydrogen-bond acceptors (Lipinski definition) is 3. The van der Waals surface area contributed by atoms with Gasteiger partial charge >= 0.3 is 0 Å². The zero-order chi connectivity index (χ0) is 14.2. The van der Waals surface area contributed by atoms with Crippen molar-refractivity contribution in [2.75, 3.05) is 11.5 Å². The topological polar surface area (TPSA) is 65.1 Å². The average molecular weight is 280 g/mol. The van der Waals surface area contributed by atoms with Crippen molar-refractivity contribution in [3.05, 3.63) is 30.0 Å². The maximum atomic E-state index is 11.8. The predicted octanol–water partition coefficient (Wildman–Crippen LogP) is 2.74. The smallest absolute Gasteiger partial charge is 0.154 e. The molecule has 4 nitrogen and oxygen atoms in total. The maximum Gasteiger partial charge on any atom is 0.154 e. The highest BCUT2D eigenvalue weighted by Crippen LogP contribution is 2.30. The minimum absolute atomic E-state index is 0.0726. The number of aromatic nitrogens is 1. The first-order valence-electron chi connectivity index (χ1n) is 6.44. The second kappa shape index (κ2) is 4.89. The van der Waals surface area contributed by atoms with E-state index >= 15 is 0 Å². The fourth-order valence-electron chi connectivity index (χ4n) is 2.27. The Hall–Kier alpha value is -1.49. The number of benzene rings is 1. The van der Waals surface area contributed by atoms with Crippen LogP contribution in [0, 0.1) is 0 Å². The number of hydrogen-bond donors (Lipinski definition) is 1. The maximum absolute atomic E-state index is 11.8. The highest BCUT2D eigenvalue weighted by Gasteiger charge is 2.17. The molecule has 0 atom stereocenters. The zero-order valence-electron chi connectivity index (χ0n) is 11.6. The summed E-state index contributed by atoms with van der Waals surface area (Å²) in [4.78, 5) is 0. The number of nitrogens with two attached hydrogens (primary N) is 1. The van der Waals surface area contributed by atoms with Crippen LogP contribution in [0.25, 0.3) is 10.9 Å². The van der Waals surface area contributed by atoms with Crippen LogP contribution >= 0.6 is 0 Å². The summed E-state index contributed by atoms with van der Waals surface area (Å²) in [6.45, 7) is 5.79. The fourth-order valence-corrected chi connectivity index (χ4v) is 3.18. The molecule has 1 aromatic carbocycles. The minimum Gasteiger partial charge on any atom is -0.397 e. The molecular formula is C14H20N2O2S. The number of rotatable bonds is 4. The molecule has 19 heavy (non-hydrogen) atoms. The molecule has 0 saturated heterocycles. The molecule has 2 rings (SSSR count). The van der Waals surface area contributed by atoms with Crippen LogP contribution in [-0.4, -0.2) is 18.7 Å².